The van der Waals surface area contributed by atoms with E-state index in [1.54, 1.807) is 12.1 Å². The Morgan fingerprint density at radius 1 is 1.15 bits per heavy atom. The van der Waals surface area contributed by atoms with Gasteiger partial charge in [0, 0.05) is 12.7 Å². The maximum atomic E-state index is 11.6. The van der Waals surface area contributed by atoms with Gasteiger partial charge in [-0.2, -0.15) is 0 Å². The van der Waals surface area contributed by atoms with E-state index in [9.17, 15) is 4.79 Å². The number of carbonyl (C=O) groups excluding carboxylic acids is 1. The summed E-state index contributed by atoms with van der Waals surface area (Å²) in [5.41, 5.74) is 7.49. The summed E-state index contributed by atoms with van der Waals surface area (Å²) < 4.78 is 0. The molecule has 2 heterocycles. The summed E-state index contributed by atoms with van der Waals surface area (Å²) in [6, 6.07) is 6.79. The van der Waals surface area contributed by atoms with Gasteiger partial charge in [-0.3, -0.25) is 9.78 Å². The minimum absolute atomic E-state index is 0.160. The van der Waals surface area contributed by atoms with Crippen LogP contribution in [0.4, 0.5) is 5.82 Å². The third-order valence-corrected chi connectivity index (χ3v) is 4.59. The molecule has 3 aromatic rings. The molecule has 0 aliphatic rings. The number of likely N-dealkylation sites (N-methyl/N-ethyl adjacent to an activating group) is 1. The van der Waals surface area contributed by atoms with Crippen molar-refractivity contribution in [2.45, 2.75) is 6.04 Å². The van der Waals surface area contributed by atoms with E-state index >= 15 is 0 Å². The Balaban J connectivity index is 2.03. The SMILES string of the molecule is CNC[C@@H](Nc1ncnc2c(C(N)=O)ccnc12)c1ccc(Cl)c(Cl)c1. The number of aromatic nitrogens is 3. The molecule has 0 radical (unpaired) electrons. The lowest BCUT2D eigenvalue weighted by molar-refractivity contribution is 0.100. The average molecular weight is 391 g/mol. The highest BCUT2D eigenvalue weighted by Gasteiger charge is 2.17. The highest BCUT2D eigenvalue weighted by molar-refractivity contribution is 6.42. The smallest absolute Gasteiger partial charge is 0.251 e. The summed E-state index contributed by atoms with van der Waals surface area (Å²) in [5.74, 6) is -0.0808. The van der Waals surface area contributed by atoms with Gasteiger partial charge < -0.3 is 16.4 Å². The number of nitrogens with zero attached hydrogens (tertiary/aromatic N) is 3. The van der Waals surface area contributed by atoms with Crippen LogP contribution in [0.15, 0.2) is 36.8 Å². The van der Waals surface area contributed by atoms with Gasteiger partial charge in [-0.1, -0.05) is 29.3 Å². The van der Waals surface area contributed by atoms with Crippen molar-refractivity contribution in [3.05, 3.63) is 58.0 Å². The Hall–Kier alpha value is -2.48. The summed E-state index contributed by atoms with van der Waals surface area (Å²) in [5, 5.41) is 7.40. The zero-order chi connectivity index (χ0) is 18.7. The molecule has 9 heteroatoms. The number of hydrogen-bond donors (Lipinski definition) is 3. The minimum Gasteiger partial charge on any atom is -0.366 e. The van der Waals surface area contributed by atoms with Crippen molar-refractivity contribution < 1.29 is 4.79 Å². The number of amides is 1. The highest BCUT2D eigenvalue weighted by atomic mass is 35.5. The number of pyridine rings is 1. The van der Waals surface area contributed by atoms with E-state index in [2.05, 4.69) is 25.6 Å². The quantitative estimate of drug-likeness (QED) is 0.597. The maximum Gasteiger partial charge on any atom is 0.251 e. The molecule has 0 aliphatic heterocycles. The molecule has 1 amide bonds. The van der Waals surface area contributed by atoms with Crippen molar-refractivity contribution >= 4 is 46.0 Å². The Morgan fingerprint density at radius 3 is 2.65 bits per heavy atom. The fourth-order valence-electron chi connectivity index (χ4n) is 2.62. The lowest BCUT2D eigenvalue weighted by atomic mass is 10.1. The number of nitrogens with two attached hydrogens (primary N) is 1. The van der Waals surface area contributed by atoms with Crippen LogP contribution in [0.3, 0.4) is 0 Å². The second kappa shape index (κ2) is 7.82. The van der Waals surface area contributed by atoms with Crippen LogP contribution in [0.2, 0.25) is 10.0 Å². The van der Waals surface area contributed by atoms with Crippen molar-refractivity contribution in [3.63, 3.8) is 0 Å². The molecule has 2 aromatic heterocycles. The predicted octanol–water partition coefficient (Wildman–Crippen LogP) is 2.80. The van der Waals surface area contributed by atoms with Gasteiger partial charge in [-0.05, 0) is 30.8 Å². The molecule has 7 nitrogen and oxygen atoms in total. The Morgan fingerprint density at radius 2 is 1.96 bits per heavy atom. The molecule has 0 fully saturated rings. The van der Waals surface area contributed by atoms with Gasteiger partial charge in [0.2, 0.25) is 0 Å². The molecule has 134 valence electrons. The number of carbonyl (C=O) groups is 1. The Labute approximate surface area is 159 Å². The van der Waals surface area contributed by atoms with E-state index in [1.807, 2.05) is 13.1 Å². The second-order valence-corrected chi connectivity index (χ2v) is 6.38. The first kappa shape index (κ1) is 18.3. The summed E-state index contributed by atoms with van der Waals surface area (Å²) in [6.07, 6.45) is 2.87. The van der Waals surface area contributed by atoms with E-state index in [4.69, 9.17) is 28.9 Å². The molecule has 1 atom stereocenters. The average Bonchev–Trinajstić information content (AvgIpc) is 2.63. The molecule has 0 spiro atoms. The fraction of sp³-hybridized carbons (Fsp3) is 0.176. The van der Waals surface area contributed by atoms with Gasteiger partial charge in [0.25, 0.3) is 5.91 Å². The van der Waals surface area contributed by atoms with E-state index < -0.39 is 5.91 Å². The monoisotopic (exact) mass is 390 g/mol. The standard InChI is InChI=1S/C17H16Cl2N6O/c1-21-7-13(9-2-3-11(18)12(19)6-9)25-17-15-14(23-8-24-17)10(16(20)26)4-5-22-15/h2-6,8,13,21H,7H2,1H3,(H2,20,26)(H,23,24,25)/t13-/m1/s1. The van der Waals surface area contributed by atoms with E-state index in [1.165, 1.54) is 18.6 Å². The van der Waals surface area contributed by atoms with Gasteiger partial charge in [-0.25, -0.2) is 9.97 Å². The number of nitrogens with one attached hydrogen (secondary N) is 2. The molecule has 0 saturated carbocycles. The Kier molecular flexibility index (Phi) is 5.51. The number of fused-ring (bicyclic) bond motifs is 1. The first-order valence-corrected chi connectivity index (χ1v) is 8.52. The van der Waals surface area contributed by atoms with Crippen LogP contribution >= 0.6 is 23.2 Å². The molecule has 0 saturated heterocycles. The van der Waals surface area contributed by atoms with Gasteiger partial charge in [0.15, 0.2) is 5.82 Å². The fourth-order valence-corrected chi connectivity index (χ4v) is 2.92. The Bertz CT molecular complexity index is 965. The van der Waals surface area contributed by atoms with Crippen molar-refractivity contribution in [2.24, 2.45) is 5.73 Å². The van der Waals surface area contributed by atoms with Crippen molar-refractivity contribution in [1.82, 2.24) is 20.3 Å². The number of halogens is 2. The van der Waals surface area contributed by atoms with E-state index in [0.717, 1.165) is 5.56 Å². The number of rotatable bonds is 6. The molecular weight excluding hydrogens is 375 g/mol. The molecule has 26 heavy (non-hydrogen) atoms. The van der Waals surface area contributed by atoms with Crippen LogP contribution in [0.25, 0.3) is 11.0 Å². The molecule has 4 N–H and O–H groups in total. The van der Waals surface area contributed by atoms with Crippen molar-refractivity contribution in [1.29, 1.82) is 0 Å². The van der Waals surface area contributed by atoms with E-state index in [-0.39, 0.29) is 6.04 Å². The maximum absolute atomic E-state index is 11.6. The third kappa shape index (κ3) is 3.70. The molecule has 0 bridgehead atoms. The molecular formula is C17H16Cl2N6O. The first-order valence-electron chi connectivity index (χ1n) is 7.77. The van der Waals surface area contributed by atoms with Gasteiger partial charge in [0.1, 0.15) is 17.4 Å². The lowest BCUT2D eigenvalue weighted by Crippen LogP contribution is -2.24. The summed E-state index contributed by atoms with van der Waals surface area (Å²) in [4.78, 5) is 24.3. The highest BCUT2D eigenvalue weighted by Crippen LogP contribution is 2.28. The molecule has 1 aromatic carbocycles. The van der Waals surface area contributed by atoms with E-state index in [0.29, 0.717) is 39.0 Å². The van der Waals surface area contributed by atoms with Crippen molar-refractivity contribution in [2.75, 3.05) is 18.9 Å². The van der Waals surface area contributed by atoms with Crippen molar-refractivity contribution in [3.8, 4) is 0 Å². The van der Waals surface area contributed by atoms with Gasteiger partial charge in [-0.15, -0.1) is 0 Å². The summed E-state index contributed by atoms with van der Waals surface area (Å²) in [6.45, 7) is 0.596. The van der Waals surface area contributed by atoms with Crippen LogP contribution in [-0.4, -0.2) is 34.5 Å². The molecule has 3 rings (SSSR count). The molecule has 0 aliphatic carbocycles. The second-order valence-electron chi connectivity index (χ2n) is 5.57. The topological polar surface area (TPSA) is 106 Å². The number of primary amides is 1. The first-order chi connectivity index (χ1) is 12.5. The van der Waals surface area contributed by atoms with Gasteiger partial charge in [0.05, 0.1) is 21.7 Å². The number of anilines is 1. The minimum atomic E-state index is -0.571. The predicted molar refractivity (Wildman–Crippen MR) is 103 cm³/mol. The summed E-state index contributed by atoms with van der Waals surface area (Å²) >= 11 is 12.1. The lowest BCUT2D eigenvalue weighted by Gasteiger charge is -2.20. The van der Waals surface area contributed by atoms with Gasteiger partial charge >= 0.3 is 0 Å². The normalized spacial score (nSPS) is 12.1. The van der Waals surface area contributed by atoms with Crippen LogP contribution in [-0.2, 0) is 0 Å². The molecule has 0 unspecified atom stereocenters. The van der Waals surface area contributed by atoms with Crippen LogP contribution in [0, 0.1) is 0 Å². The zero-order valence-corrected chi connectivity index (χ0v) is 15.3. The third-order valence-electron chi connectivity index (χ3n) is 3.85. The van der Waals surface area contributed by atoms with Crippen LogP contribution in [0.5, 0.6) is 0 Å². The number of hydrogen-bond acceptors (Lipinski definition) is 6. The number of benzene rings is 1. The van der Waals surface area contributed by atoms with Crippen LogP contribution < -0.4 is 16.4 Å². The zero-order valence-electron chi connectivity index (χ0n) is 13.8. The largest absolute Gasteiger partial charge is 0.366 e. The summed E-state index contributed by atoms with van der Waals surface area (Å²) in [7, 11) is 1.84. The van der Waals surface area contributed by atoms with Crippen LogP contribution in [0.1, 0.15) is 22.0 Å².